The zero-order valence-corrected chi connectivity index (χ0v) is 16.8. The van der Waals surface area contributed by atoms with Crippen molar-refractivity contribution in [3.05, 3.63) is 57.9 Å². The molecule has 1 N–H and O–H groups in total. The number of benzene rings is 1. The van der Waals surface area contributed by atoms with Gasteiger partial charge in [-0.15, -0.1) is 0 Å². The first-order valence-electron chi connectivity index (χ1n) is 9.64. The van der Waals surface area contributed by atoms with Crippen LogP contribution >= 0.6 is 0 Å². The largest absolute Gasteiger partial charge is 0.362 e. The van der Waals surface area contributed by atoms with Crippen LogP contribution in [0.15, 0.2) is 24.3 Å². The lowest BCUT2D eigenvalue weighted by Crippen LogP contribution is -2.38. The van der Waals surface area contributed by atoms with Crippen molar-refractivity contribution in [2.45, 2.75) is 40.5 Å². The topological polar surface area (TPSA) is 56.4 Å². The molecule has 1 aliphatic rings. The van der Waals surface area contributed by atoms with Gasteiger partial charge in [0.05, 0.1) is 12.0 Å². The Balaban J connectivity index is 1.62. The maximum atomic E-state index is 12.8. The van der Waals surface area contributed by atoms with E-state index in [1.165, 1.54) is 11.1 Å². The van der Waals surface area contributed by atoms with Crippen molar-refractivity contribution in [3.8, 4) is 0 Å². The van der Waals surface area contributed by atoms with Crippen molar-refractivity contribution in [1.29, 1.82) is 0 Å². The summed E-state index contributed by atoms with van der Waals surface area (Å²) < 4.78 is 0. The Hall–Kier alpha value is -2.56. The van der Waals surface area contributed by atoms with E-state index in [4.69, 9.17) is 0 Å². The molecule has 1 aromatic carbocycles. The second-order valence-electron chi connectivity index (χ2n) is 7.61. The molecular weight excluding hydrogens is 338 g/mol. The Bertz CT molecular complexity index is 853. The van der Waals surface area contributed by atoms with Crippen LogP contribution in [0.5, 0.6) is 0 Å². The molecular formula is C22H29N3O2. The van der Waals surface area contributed by atoms with Crippen LogP contribution in [-0.2, 0) is 11.2 Å². The van der Waals surface area contributed by atoms with E-state index >= 15 is 0 Å². The Morgan fingerprint density at radius 3 is 2.30 bits per heavy atom. The van der Waals surface area contributed by atoms with Crippen LogP contribution in [0, 0.1) is 27.7 Å². The van der Waals surface area contributed by atoms with Crippen molar-refractivity contribution >= 4 is 11.8 Å². The molecule has 2 amide bonds. The first kappa shape index (κ1) is 19.2. The number of carbonyl (C=O) groups excluding carboxylic acids is 2. The Morgan fingerprint density at radius 2 is 1.63 bits per heavy atom. The third kappa shape index (κ3) is 4.41. The number of carbonyl (C=O) groups is 2. The van der Waals surface area contributed by atoms with Crippen LogP contribution in [0.4, 0.5) is 0 Å². The summed E-state index contributed by atoms with van der Waals surface area (Å²) in [5.74, 6) is 0.196. The summed E-state index contributed by atoms with van der Waals surface area (Å²) in [6, 6.07) is 8.11. The zero-order chi connectivity index (χ0) is 19.6. The predicted octanol–water partition coefficient (Wildman–Crippen LogP) is 3.17. The summed E-state index contributed by atoms with van der Waals surface area (Å²) in [5.41, 5.74) is 6.15. The van der Waals surface area contributed by atoms with Crippen LogP contribution in [0.2, 0.25) is 0 Å². The summed E-state index contributed by atoms with van der Waals surface area (Å²) in [7, 11) is 0. The molecule has 0 saturated carbocycles. The van der Waals surface area contributed by atoms with Gasteiger partial charge in [-0.2, -0.15) is 0 Å². The highest BCUT2D eigenvalue weighted by Crippen LogP contribution is 2.16. The molecule has 1 fully saturated rings. The molecule has 1 aliphatic heterocycles. The van der Waals surface area contributed by atoms with Crippen molar-refractivity contribution in [3.63, 3.8) is 0 Å². The monoisotopic (exact) mass is 367 g/mol. The third-order valence-corrected chi connectivity index (χ3v) is 5.44. The van der Waals surface area contributed by atoms with Gasteiger partial charge < -0.3 is 14.8 Å². The van der Waals surface area contributed by atoms with E-state index in [0.29, 0.717) is 32.6 Å². The smallest absolute Gasteiger partial charge is 0.255 e. The predicted molar refractivity (Wildman–Crippen MR) is 107 cm³/mol. The minimum atomic E-state index is 0.0558. The van der Waals surface area contributed by atoms with Crippen molar-refractivity contribution in [1.82, 2.24) is 14.8 Å². The summed E-state index contributed by atoms with van der Waals surface area (Å²) in [6.07, 6.45) is 1.23. The lowest BCUT2D eigenvalue weighted by atomic mass is 10.0. The summed E-state index contributed by atoms with van der Waals surface area (Å²) in [4.78, 5) is 32.5. The standard InChI is InChI=1S/C22H29N3O2/c1-15-6-7-19(12-16(15)2)14-21(26)24-8-5-9-25(11-10-24)22(27)20-13-17(3)23-18(20)4/h6-7,12-13,23H,5,8-11,14H2,1-4H3. The summed E-state index contributed by atoms with van der Waals surface area (Å²) in [6.45, 7) is 10.6. The van der Waals surface area contributed by atoms with Gasteiger partial charge in [-0.1, -0.05) is 18.2 Å². The molecule has 0 radical (unpaired) electrons. The second kappa shape index (κ2) is 7.99. The highest BCUT2D eigenvalue weighted by atomic mass is 16.2. The molecule has 0 unspecified atom stereocenters. The zero-order valence-electron chi connectivity index (χ0n) is 16.8. The maximum absolute atomic E-state index is 12.8. The average Bonchev–Trinajstić information content (AvgIpc) is 2.83. The SMILES string of the molecule is Cc1cc(C(=O)N2CCCN(C(=O)Cc3ccc(C)c(C)c3)CC2)c(C)[nH]1. The fourth-order valence-electron chi connectivity index (χ4n) is 3.69. The lowest BCUT2D eigenvalue weighted by Gasteiger charge is -2.22. The summed E-state index contributed by atoms with van der Waals surface area (Å²) >= 11 is 0. The fraction of sp³-hybridized carbons (Fsp3) is 0.455. The number of aryl methyl sites for hydroxylation is 4. The van der Waals surface area contributed by atoms with Gasteiger partial charge in [0.15, 0.2) is 0 Å². The Kier molecular flexibility index (Phi) is 5.68. The first-order chi connectivity index (χ1) is 12.8. The molecule has 1 saturated heterocycles. The minimum Gasteiger partial charge on any atom is -0.362 e. The molecule has 0 atom stereocenters. The average molecular weight is 367 g/mol. The van der Waals surface area contributed by atoms with E-state index < -0.39 is 0 Å². The van der Waals surface area contributed by atoms with Crippen LogP contribution in [-0.4, -0.2) is 52.8 Å². The molecule has 27 heavy (non-hydrogen) atoms. The lowest BCUT2D eigenvalue weighted by molar-refractivity contribution is -0.130. The Morgan fingerprint density at radius 1 is 0.926 bits per heavy atom. The van der Waals surface area contributed by atoms with Gasteiger partial charge in [0.2, 0.25) is 5.91 Å². The van der Waals surface area contributed by atoms with E-state index in [2.05, 4.69) is 31.0 Å². The van der Waals surface area contributed by atoms with E-state index in [0.717, 1.165) is 28.9 Å². The molecule has 3 rings (SSSR count). The fourth-order valence-corrected chi connectivity index (χ4v) is 3.69. The van der Waals surface area contributed by atoms with Gasteiger partial charge in [-0.25, -0.2) is 0 Å². The number of nitrogens with one attached hydrogen (secondary N) is 1. The van der Waals surface area contributed by atoms with Crippen LogP contribution in [0.3, 0.4) is 0 Å². The van der Waals surface area contributed by atoms with Gasteiger partial charge in [0.1, 0.15) is 0 Å². The number of hydrogen-bond acceptors (Lipinski definition) is 2. The van der Waals surface area contributed by atoms with Gasteiger partial charge in [-0.05, 0) is 56.9 Å². The first-order valence-corrected chi connectivity index (χ1v) is 9.64. The molecule has 0 aliphatic carbocycles. The van der Waals surface area contributed by atoms with Gasteiger partial charge >= 0.3 is 0 Å². The molecule has 5 nitrogen and oxygen atoms in total. The number of rotatable bonds is 3. The van der Waals surface area contributed by atoms with Crippen molar-refractivity contribution < 1.29 is 9.59 Å². The van der Waals surface area contributed by atoms with Gasteiger partial charge in [0.25, 0.3) is 5.91 Å². The molecule has 1 aromatic heterocycles. The molecule has 2 heterocycles. The number of H-pyrrole nitrogens is 1. The number of aromatic amines is 1. The normalized spacial score (nSPS) is 15.0. The van der Waals surface area contributed by atoms with E-state index in [1.54, 1.807) is 0 Å². The number of amides is 2. The van der Waals surface area contributed by atoms with Crippen LogP contribution < -0.4 is 0 Å². The molecule has 5 heteroatoms. The van der Waals surface area contributed by atoms with E-state index in [9.17, 15) is 9.59 Å². The van der Waals surface area contributed by atoms with Gasteiger partial charge in [0, 0.05) is 37.6 Å². The second-order valence-corrected chi connectivity index (χ2v) is 7.61. The van der Waals surface area contributed by atoms with Crippen LogP contribution in [0.25, 0.3) is 0 Å². The van der Waals surface area contributed by atoms with Gasteiger partial charge in [-0.3, -0.25) is 9.59 Å². The van der Waals surface area contributed by atoms with E-state index in [-0.39, 0.29) is 11.8 Å². The minimum absolute atomic E-state index is 0.0558. The van der Waals surface area contributed by atoms with Crippen molar-refractivity contribution in [2.24, 2.45) is 0 Å². The molecule has 0 bridgehead atoms. The third-order valence-electron chi connectivity index (χ3n) is 5.44. The Labute approximate surface area is 161 Å². The quantitative estimate of drug-likeness (QED) is 0.906. The van der Waals surface area contributed by atoms with Crippen molar-refractivity contribution in [2.75, 3.05) is 26.2 Å². The van der Waals surface area contributed by atoms with Crippen LogP contribution in [0.1, 0.15) is 44.9 Å². The highest BCUT2D eigenvalue weighted by Gasteiger charge is 2.24. The number of aromatic nitrogens is 1. The molecule has 2 aromatic rings. The number of nitrogens with zero attached hydrogens (tertiary/aromatic N) is 2. The highest BCUT2D eigenvalue weighted by molar-refractivity contribution is 5.95. The molecule has 0 spiro atoms. The maximum Gasteiger partial charge on any atom is 0.255 e. The molecule has 144 valence electrons. The summed E-state index contributed by atoms with van der Waals surface area (Å²) in [5, 5.41) is 0. The number of hydrogen-bond donors (Lipinski definition) is 1. The van der Waals surface area contributed by atoms with E-state index in [1.807, 2.05) is 35.8 Å².